The van der Waals surface area contributed by atoms with Crippen LogP contribution in [-0.2, 0) is 11.8 Å². The van der Waals surface area contributed by atoms with Gasteiger partial charge >= 0.3 is 0 Å². The molecule has 1 aliphatic heterocycles. The van der Waals surface area contributed by atoms with Crippen molar-refractivity contribution in [1.29, 1.82) is 0 Å². The zero-order valence-electron chi connectivity index (χ0n) is 13.8. The maximum atomic E-state index is 12.3. The zero-order valence-corrected chi connectivity index (χ0v) is 13.8. The topological polar surface area (TPSA) is 93.2 Å². The summed E-state index contributed by atoms with van der Waals surface area (Å²) in [5.74, 6) is 1.06. The zero-order chi connectivity index (χ0) is 16.6. The minimum atomic E-state index is -0.425. The van der Waals surface area contributed by atoms with Crippen molar-refractivity contribution in [2.45, 2.75) is 19.9 Å². The van der Waals surface area contributed by atoms with Crippen LogP contribution in [0.5, 0.6) is 0 Å². The molecule has 2 N–H and O–H groups in total. The maximum Gasteiger partial charge on any atom is 0.239 e. The highest BCUT2D eigenvalue weighted by Crippen LogP contribution is 2.23. The summed E-state index contributed by atoms with van der Waals surface area (Å²) < 4.78 is 1.74. The van der Waals surface area contributed by atoms with Crippen LogP contribution in [-0.4, -0.2) is 62.8 Å². The third kappa shape index (κ3) is 2.86. The molecule has 1 saturated heterocycles. The number of rotatable bonds is 3. The molecule has 8 nitrogen and oxygen atoms in total. The minimum Gasteiger partial charge on any atom is -0.352 e. The Morgan fingerprint density at radius 1 is 1.22 bits per heavy atom. The molecular weight excluding hydrogens is 294 g/mol. The van der Waals surface area contributed by atoms with Gasteiger partial charge in [0.1, 0.15) is 12.1 Å². The van der Waals surface area contributed by atoms with Crippen LogP contribution in [0, 0.1) is 5.92 Å². The highest BCUT2D eigenvalue weighted by Gasteiger charge is 2.28. The van der Waals surface area contributed by atoms with Gasteiger partial charge in [0.15, 0.2) is 5.65 Å². The quantitative estimate of drug-likeness (QED) is 0.856. The van der Waals surface area contributed by atoms with E-state index in [4.69, 9.17) is 5.73 Å². The predicted octanol–water partition coefficient (Wildman–Crippen LogP) is -0.00480. The summed E-state index contributed by atoms with van der Waals surface area (Å²) >= 11 is 0. The third-order valence-corrected chi connectivity index (χ3v) is 4.40. The van der Waals surface area contributed by atoms with E-state index in [0.29, 0.717) is 13.1 Å². The molecule has 0 aromatic carbocycles. The van der Waals surface area contributed by atoms with Crippen molar-refractivity contribution < 1.29 is 4.79 Å². The summed E-state index contributed by atoms with van der Waals surface area (Å²) in [7, 11) is 1.86. The first kappa shape index (κ1) is 15.7. The molecule has 0 aliphatic carbocycles. The molecule has 2 aromatic rings. The molecule has 1 aliphatic rings. The summed E-state index contributed by atoms with van der Waals surface area (Å²) in [4.78, 5) is 25.0. The Morgan fingerprint density at radius 3 is 2.57 bits per heavy atom. The number of hydrogen-bond donors (Lipinski definition) is 1. The average molecular weight is 317 g/mol. The molecule has 1 fully saturated rings. The Morgan fingerprint density at radius 2 is 1.91 bits per heavy atom. The van der Waals surface area contributed by atoms with E-state index in [1.165, 1.54) is 0 Å². The lowest BCUT2D eigenvalue weighted by Crippen LogP contribution is -2.54. The number of carbonyl (C=O) groups is 1. The number of fused-ring (bicyclic) bond motifs is 1. The van der Waals surface area contributed by atoms with Gasteiger partial charge in [-0.2, -0.15) is 5.10 Å². The smallest absolute Gasteiger partial charge is 0.239 e. The highest BCUT2D eigenvalue weighted by atomic mass is 16.2. The minimum absolute atomic E-state index is 0.0360. The summed E-state index contributed by atoms with van der Waals surface area (Å²) in [5.41, 5.74) is 6.79. The summed E-state index contributed by atoms with van der Waals surface area (Å²) in [6.07, 6.45) is 3.35. The first-order valence-electron chi connectivity index (χ1n) is 7.91. The van der Waals surface area contributed by atoms with E-state index in [0.717, 1.165) is 29.9 Å². The highest BCUT2D eigenvalue weighted by molar-refractivity contribution is 5.87. The van der Waals surface area contributed by atoms with Crippen molar-refractivity contribution in [2.75, 3.05) is 31.1 Å². The lowest BCUT2D eigenvalue weighted by Gasteiger charge is -2.37. The van der Waals surface area contributed by atoms with Gasteiger partial charge in [-0.1, -0.05) is 13.8 Å². The first-order chi connectivity index (χ1) is 11.0. The van der Waals surface area contributed by atoms with Gasteiger partial charge in [0.2, 0.25) is 5.91 Å². The van der Waals surface area contributed by atoms with Crippen LogP contribution >= 0.6 is 0 Å². The Bertz CT molecular complexity index is 703. The molecule has 23 heavy (non-hydrogen) atoms. The predicted molar refractivity (Wildman–Crippen MR) is 87.9 cm³/mol. The molecule has 0 spiro atoms. The number of hydrogen-bond acceptors (Lipinski definition) is 6. The molecule has 3 rings (SSSR count). The van der Waals surface area contributed by atoms with Gasteiger partial charge in [0.25, 0.3) is 0 Å². The molecule has 2 aromatic heterocycles. The number of amides is 1. The second-order valence-electron chi connectivity index (χ2n) is 6.28. The standard InChI is InChI=1S/C15H23N7O/c1-10(2)12(16)15(23)22-6-4-21(5-7-22)14-11-8-19-20(3)13(11)17-9-18-14/h8-10,12H,4-7,16H2,1-3H3/t12-/m0/s1. The lowest BCUT2D eigenvalue weighted by molar-refractivity contribution is -0.133. The number of nitrogens with zero attached hydrogens (tertiary/aromatic N) is 6. The van der Waals surface area contributed by atoms with Crippen LogP contribution in [0.2, 0.25) is 0 Å². The molecular formula is C15H23N7O. The molecule has 1 amide bonds. The van der Waals surface area contributed by atoms with Gasteiger partial charge < -0.3 is 15.5 Å². The normalized spacial score (nSPS) is 17.1. The summed E-state index contributed by atoms with van der Waals surface area (Å²) in [6, 6.07) is -0.425. The van der Waals surface area contributed by atoms with E-state index < -0.39 is 6.04 Å². The first-order valence-corrected chi connectivity index (χ1v) is 7.91. The fourth-order valence-electron chi connectivity index (χ4n) is 2.84. The number of carbonyl (C=O) groups excluding carboxylic acids is 1. The fourth-order valence-corrected chi connectivity index (χ4v) is 2.84. The van der Waals surface area contributed by atoms with E-state index in [1.54, 1.807) is 17.2 Å². The van der Waals surface area contributed by atoms with Crippen LogP contribution in [0.3, 0.4) is 0 Å². The number of aromatic nitrogens is 4. The van der Waals surface area contributed by atoms with E-state index >= 15 is 0 Å². The Labute approximate surface area is 135 Å². The van der Waals surface area contributed by atoms with Crippen molar-refractivity contribution in [3.63, 3.8) is 0 Å². The molecule has 1 atom stereocenters. The largest absolute Gasteiger partial charge is 0.352 e. The van der Waals surface area contributed by atoms with Crippen molar-refractivity contribution in [1.82, 2.24) is 24.6 Å². The Hall–Kier alpha value is -2.22. The van der Waals surface area contributed by atoms with Crippen LogP contribution in [0.15, 0.2) is 12.5 Å². The fraction of sp³-hybridized carbons (Fsp3) is 0.600. The Balaban J connectivity index is 1.72. The Kier molecular flexibility index (Phi) is 4.16. The molecule has 0 bridgehead atoms. The lowest BCUT2D eigenvalue weighted by atomic mass is 10.0. The maximum absolute atomic E-state index is 12.3. The van der Waals surface area contributed by atoms with Crippen molar-refractivity contribution >= 4 is 22.8 Å². The van der Waals surface area contributed by atoms with E-state index in [1.807, 2.05) is 25.8 Å². The van der Waals surface area contributed by atoms with Gasteiger partial charge in [-0.15, -0.1) is 0 Å². The van der Waals surface area contributed by atoms with Crippen LogP contribution in [0.4, 0.5) is 5.82 Å². The number of nitrogens with two attached hydrogens (primary N) is 1. The van der Waals surface area contributed by atoms with Gasteiger partial charge in [-0.3, -0.25) is 9.48 Å². The van der Waals surface area contributed by atoms with Gasteiger partial charge in [0.05, 0.1) is 17.6 Å². The second kappa shape index (κ2) is 6.11. The van der Waals surface area contributed by atoms with Crippen molar-refractivity contribution in [2.24, 2.45) is 18.7 Å². The molecule has 0 unspecified atom stereocenters. The van der Waals surface area contributed by atoms with Crippen molar-refractivity contribution in [3.05, 3.63) is 12.5 Å². The molecule has 3 heterocycles. The average Bonchev–Trinajstić information content (AvgIpc) is 2.95. The third-order valence-electron chi connectivity index (χ3n) is 4.40. The monoisotopic (exact) mass is 317 g/mol. The van der Waals surface area contributed by atoms with Gasteiger partial charge in [-0.25, -0.2) is 9.97 Å². The summed E-state index contributed by atoms with van der Waals surface area (Å²) in [5, 5.41) is 5.18. The molecule has 0 saturated carbocycles. The van der Waals surface area contributed by atoms with Crippen molar-refractivity contribution in [3.8, 4) is 0 Å². The van der Waals surface area contributed by atoms with E-state index in [2.05, 4.69) is 20.0 Å². The number of piperazine rings is 1. The number of aryl methyl sites for hydroxylation is 1. The molecule has 124 valence electrons. The van der Waals surface area contributed by atoms with E-state index in [9.17, 15) is 4.79 Å². The van der Waals surface area contributed by atoms with Gasteiger partial charge in [0, 0.05) is 33.2 Å². The molecule has 8 heteroatoms. The van der Waals surface area contributed by atoms with Crippen LogP contribution < -0.4 is 10.6 Å². The summed E-state index contributed by atoms with van der Waals surface area (Å²) in [6.45, 7) is 6.73. The van der Waals surface area contributed by atoms with Crippen LogP contribution in [0.1, 0.15) is 13.8 Å². The number of anilines is 1. The van der Waals surface area contributed by atoms with Gasteiger partial charge in [-0.05, 0) is 5.92 Å². The van der Waals surface area contributed by atoms with E-state index in [-0.39, 0.29) is 11.8 Å². The SMILES string of the molecule is CC(C)[C@H](N)C(=O)N1CCN(c2ncnc3c2cnn3C)CC1. The van der Waals surface area contributed by atoms with Crippen LogP contribution in [0.25, 0.3) is 11.0 Å². The second-order valence-corrected chi connectivity index (χ2v) is 6.28. The molecule has 0 radical (unpaired) electrons.